The summed E-state index contributed by atoms with van der Waals surface area (Å²) in [5.41, 5.74) is 4.07. The Morgan fingerprint density at radius 2 is 2.20 bits per heavy atom. The number of rotatable bonds is 3. The molecule has 108 valence electrons. The van der Waals surface area contributed by atoms with Crippen LogP contribution in [0.5, 0.6) is 0 Å². The van der Waals surface area contributed by atoms with Crippen molar-refractivity contribution in [3.8, 4) is 0 Å². The minimum Gasteiger partial charge on any atom is -0.481 e. The number of likely N-dealkylation sites (N-methyl/N-ethyl adjacent to an activating group) is 1. The lowest BCUT2D eigenvalue weighted by Gasteiger charge is -2.17. The lowest BCUT2D eigenvalue weighted by Crippen LogP contribution is -2.23. The van der Waals surface area contributed by atoms with Crippen molar-refractivity contribution in [2.45, 2.75) is 19.9 Å². The maximum Gasteiger partial charge on any atom is 0.308 e. The van der Waals surface area contributed by atoms with Crippen LogP contribution in [0.15, 0.2) is 18.2 Å². The largest absolute Gasteiger partial charge is 0.481 e. The molecule has 4 nitrogen and oxygen atoms in total. The van der Waals surface area contributed by atoms with Crippen LogP contribution in [0.25, 0.3) is 0 Å². The molecule has 2 aliphatic rings. The summed E-state index contributed by atoms with van der Waals surface area (Å²) in [5, 5.41) is 9.19. The van der Waals surface area contributed by atoms with E-state index in [-0.39, 0.29) is 11.8 Å². The highest BCUT2D eigenvalue weighted by Crippen LogP contribution is 2.29. The molecule has 20 heavy (non-hydrogen) atoms. The summed E-state index contributed by atoms with van der Waals surface area (Å²) >= 11 is 0. The number of aliphatic carboxylic acids is 1. The maximum absolute atomic E-state index is 11.2. The third-order valence-electron chi connectivity index (χ3n) is 4.68. The number of hydrogen-bond donors (Lipinski definition) is 1. The third kappa shape index (κ3) is 2.40. The molecule has 0 aromatic heterocycles. The highest BCUT2D eigenvalue weighted by atomic mass is 16.4. The molecular formula is C16H22N2O2. The number of carbonyl (C=O) groups is 1. The number of hydrogen-bond acceptors (Lipinski definition) is 3. The van der Waals surface area contributed by atoms with Gasteiger partial charge in [-0.25, -0.2) is 0 Å². The van der Waals surface area contributed by atoms with Crippen LogP contribution in [0.2, 0.25) is 0 Å². The third-order valence-corrected chi connectivity index (χ3v) is 4.68. The Kier molecular flexibility index (Phi) is 3.42. The first-order chi connectivity index (χ1) is 9.54. The van der Waals surface area contributed by atoms with Crippen LogP contribution in [0.4, 0.5) is 5.69 Å². The van der Waals surface area contributed by atoms with Gasteiger partial charge in [-0.3, -0.25) is 9.69 Å². The van der Waals surface area contributed by atoms with Crippen LogP contribution < -0.4 is 4.90 Å². The Bertz CT molecular complexity index is 529. The predicted molar refractivity (Wildman–Crippen MR) is 79.0 cm³/mol. The van der Waals surface area contributed by atoms with Gasteiger partial charge in [0.15, 0.2) is 0 Å². The monoisotopic (exact) mass is 274 g/mol. The fourth-order valence-electron chi connectivity index (χ4n) is 3.49. The highest BCUT2D eigenvalue weighted by molar-refractivity contribution is 5.71. The number of fused-ring (bicyclic) bond motifs is 1. The van der Waals surface area contributed by atoms with Crippen molar-refractivity contribution in [3.63, 3.8) is 0 Å². The second kappa shape index (κ2) is 5.09. The predicted octanol–water partition coefficient (Wildman–Crippen LogP) is 1.83. The molecule has 1 saturated heterocycles. The molecule has 1 N–H and O–H groups in total. The van der Waals surface area contributed by atoms with Crippen LogP contribution in [0.3, 0.4) is 0 Å². The zero-order valence-electron chi connectivity index (χ0n) is 12.2. The molecular weight excluding hydrogens is 252 g/mol. The van der Waals surface area contributed by atoms with E-state index in [1.54, 1.807) is 0 Å². The van der Waals surface area contributed by atoms with E-state index in [2.05, 4.69) is 35.0 Å². The van der Waals surface area contributed by atoms with E-state index >= 15 is 0 Å². The van der Waals surface area contributed by atoms with Crippen LogP contribution in [0.1, 0.15) is 18.1 Å². The van der Waals surface area contributed by atoms with Crippen LogP contribution in [-0.2, 0) is 17.8 Å². The minimum atomic E-state index is -0.657. The van der Waals surface area contributed by atoms with Gasteiger partial charge in [0.2, 0.25) is 0 Å². The van der Waals surface area contributed by atoms with Gasteiger partial charge < -0.3 is 10.0 Å². The van der Waals surface area contributed by atoms with E-state index < -0.39 is 5.97 Å². The summed E-state index contributed by atoms with van der Waals surface area (Å²) < 4.78 is 0. The van der Waals surface area contributed by atoms with Gasteiger partial charge >= 0.3 is 5.97 Å². The second-order valence-electron chi connectivity index (χ2n) is 6.25. The Hall–Kier alpha value is -1.55. The first kappa shape index (κ1) is 13.4. The Balaban J connectivity index is 1.69. The Morgan fingerprint density at radius 3 is 2.90 bits per heavy atom. The summed E-state index contributed by atoms with van der Waals surface area (Å²) in [5.74, 6) is -0.626. The summed E-state index contributed by atoms with van der Waals surface area (Å²) in [6.45, 7) is 5.56. The molecule has 0 amide bonds. The quantitative estimate of drug-likeness (QED) is 0.913. The Labute approximate surface area is 120 Å². The summed E-state index contributed by atoms with van der Waals surface area (Å²) in [7, 11) is 2.13. The minimum absolute atomic E-state index is 0.212. The van der Waals surface area contributed by atoms with E-state index in [9.17, 15) is 9.90 Å². The van der Waals surface area contributed by atoms with E-state index in [1.807, 2.05) is 6.92 Å². The standard InChI is InChI=1S/C16H22N2O2/c1-11-8-18(10-14(11)16(19)20)9-12-3-4-15-13(7-12)5-6-17(15)2/h3-4,7,11,14H,5-6,8-10H2,1-2H3,(H,19,20)/t11-,14-/m1/s1. The van der Waals surface area contributed by atoms with E-state index in [4.69, 9.17) is 0 Å². The van der Waals surface area contributed by atoms with E-state index in [0.29, 0.717) is 6.54 Å². The fraction of sp³-hybridized carbons (Fsp3) is 0.562. The first-order valence-corrected chi connectivity index (χ1v) is 7.32. The van der Waals surface area contributed by atoms with Crippen molar-refractivity contribution in [2.75, 3.05) is 31.6 Å². The molecule has 1 fully saturated rings. The average molecular weight is 274 g/mol. The molecule has 0 spiro atoms. The molecule has 2 heterocycles. The zero-order valence-corrected chi connectivity index (χ0v) is 12.2. The second-order valence-corrected chi connectivity index (χ2v) is 6.25. The summed E-state index contributed by atoms with van der Waals surface area (Å²) in [4.78, 5) is 15.7. The number of anilines is 1. The molecule has 1 aromatic rings. The van der Waals surface area contributed by atoms with Gasteiger partial charge in [0.05, 0.1) is 5.92 Å². The number of nitrogens with zero attached hydrogens (tertiary/aromatic N) is 2. The zero-order chi connectivity index (χ0) is 14.3. The van der Waals surface area contributed by atoms with Crippen molar-refractivity contribution in [3.05, 3.63) is 29.3 Å². The smallest absolute Gasteiger partial charge is 0.308 e. The normalized spacial score (nSPS) is 26.0. The highest BCUT2D eigenvalue weighted by Gasteiger charge is 2.34. The molecule has 0 unspecified atom stereocenters. The van der Waals surface area contributed by atoms with Crippen LogP contribution in [0, 0.1) is 11.8 Å². The van der Waals surface area contributed by atoms with Crippen molar-refractivity contribution in [1.82, 2.24) is 4.90 Å². The molecule has 0 saturated carbocycles. The van der Waals surface area contributed by atoms with Gasteiger partial charge in [-0.2, -0.15) is 0 Å². The number of carboxylic acid groups (broad SMARTS) is 1. The molecule has 2 aliphatic heterocycles. The van der Waals surface area contributed by atoms with Gasteiger partial charge in [0.25, 0.3) is 0 Å². The van der Waals surface area contributed by atoms with Crippen molar-refractivity contribution < 1.29 is 9.90 Å². The van der Waals surface area contributed by atoms with Crippen LogP contribution in [-0.4, -0.2) is 42.7 Å². The number of likely N-dealkylation sites (tertiary alicyclic amines) is 1. The SMILES string of the molecule is C[C@@H]1CN(Cc2ccc3c(c2)CCN3C)C[C@H]1C(=O)O. The van der Waals surface area contributed by atoms with Crippen molar-refractivity contribution in [2.24, 2.45) is 11.8 Å². The summed E-state index contributed by atoms with van der Waals surface area (Å²) in [6, 6.07) is 6.67. The van der Waals surface area contributed by atoms with Crippen molar-refractivity contribution in [1.29, 1.82) is 0 Å². The lowest BCUT2D eigenvalue weighted by atomic mass is 9.99. The van der Waals surface area contributed by atoms with Crippen molar-refractivity contribution >= 4 is 11.7 Å². The first-order valence-electron chi connectivity index (χ1n) is 7.32. The van der Waals surface area contributed by atoms with E-state index in [1.165, 1.54) is 16.8 Å². The topological polar surface area (TPSA) is 43.8 Å². The molecule has 0 aliphatic carbocycles. The molecule has 3 rings (SSSR count). The summed E-state index contributed by atoms with van der Waals surface area (Å²) in [6.07, 6.45) is 1.12. The lowest BCUT2D eigenvalue weighted by molar-refractivity contribution is -0.142. The van der Waals surface area contributed by atoms with Gasteiger partial charge in [-0.1, -0.05) is 19.1 Å². The van der Waals surface area contributed by atoms with E-state index in [0.717, 1.165) is 26.1 Å². The average Bonchev–Trinajstić information content (AvgIpc) is 2.94. The van der Waals surface area contributed by atoms with Gasteiger partial charge in [0.1, 0.15) is 0 Å². The van der Waals surface area contributed by atoms with Crippen LogP contribution >= 0.6 is 0 Å². The number of carboxylic acids is 1. The Morgan fingerprint density at radius 1 is 1.40 bits per heavy atom. The molecule has 1 aromatic carbocycles. The van der Waals surface area contributed by atoms with Gasteiger partial charge in [0, 0.05) is 38.9 Å². The molecule has 4 heteroatoms. The molecule has 0 bridgehead atoms. The number of benzene rings is 1. The maximum atomic E-state index is 11.2. The van der Waals surface area contributed by atoms with Gasteiger partial charge in [-0.05, 0) is 29.5 Å². The fourth-order valence-corrected chi connectivity index (χ4v) is 3.49. The molecule has 0 radical (unpaired) electrons. The van der Waals surface area contributed by atoms with Gasteiger partial charge in [-0.15, -0.1) is 0 Å². The molecule has 2 atom stereocenters.